The number of nitrogens with zero attached hydrogens (tertiary/aromatic N) is 2. The van der Waals surface area contributed by atoms with E-state index in [4.69, 9.17) is 15.6 Å². The van der Waals surface area contributed by atoms with Crippen molar-refractivity contribution in [3.63, 3.8) is 0 Å². The normalized spacial score (nSPS) is 32.9. The molecule has 0 saturated carbocycles. The molecule has 5 N–H and O–H groups in total. The van der Waals surface area contributed by atoms with E-state index in [2.05, 4.69) is 4.98 Å². The Morgan fingerprint density at radius 3 is 2.71 bits per heavy atom. The summed E-state index contributed by atoms with van der Waals surface area (Å²) in [6, 6.07) is 1.37. The summed E-state index contributed by atoms with van der Waals surface area (Å²) in [4.78, 5) is 15.0. The van der Waals surface area contributed by atoms with Crippen molar-refractivity contribution in [3.8, 4) is 0 Å². The van der Waals surface area contributed by atoms with E-state index >= 15 is 0 Å². The van der Waals surface area contributed by atoms with Crippen LogP contribution in [0.2, 0.25) is 0 Å². The number of nitrogen functional groups attached to an aromatic ring is 1. The zero-order valence-corrected chi connectivity index (χ0v) is 8.80. The zero-order valence-electron chi connectivity index (χ0n) is 8.80. The Labute approximate surface area is 95.9 Å². The van der Waals surface area contributed by atoms with Gasteiger partial charge < -0.3 is 25.8 Å². The topological polar surface area (TPSA) is 131 Å². The summed E-state index contributed by atoms with van der Waals surface area (Å²) in [6.07, 6.45) is -3.27. The molecule has 0 spiro atoms. The average molecular weight is 243 g/mol. The summed E-state index contributed by atoms with van der Waals surface area (Å²) >= 11 is 0. The lowest BCUT2D eigenvalue weighted by Crippen LogP contribution is -2.36. The second-order valence-corrected chi connectivity index (χ2v) is 3.77. The highest BCUT2D eigenvalue weighted by Gasteiger charge is 2.43. The maximum atomic E-state index is 11.5. The lowest BCUT2D eigenvalue weighted by molar-refractivity contribution is -0.0549. The van der Waals surface area contributed by atoms with Gasteiger partial charge in [0.15, 0.2) is 6.23 Å². The van der Waals surface area contributed by atoms with Crippen LogP contribution in [0.5, 0.6) is 0 Å². The zero-order chi connectivity index (χ0) is 12.6. The third-order valence-corrected chi connectivity index (χ3v) is 2.64. The maximum Gasteiger partial charge on any atom is 0.351 e. The van der Waals surface area contributed by atoms with Gasteiger partial charge in [0.2, 0.25) is 0 Å². The van der Waals surface area contributed by atoms with Crippen molar-refractivity contribution in [1.29, 1.82) is 0 Å². The SMILES string of the molecule is Nc1ccn([C@H]2O[C@H](CO)[C@H](O)[C@@H]2O)c(=O)n1. The molecule has 0 aliphatic carbocycles. The Balaban J connectivity index is 2.32. The second kappa shape index (κ2) is 4.41. The largest absolute Gasteiger partial charge is 0.394 e. The number of ether oxygens (including phenoxy) is 1. The van der Waals surface area contributed by atoms with Crippen LogP contribution in [0.1, 0.15) is 6.23 Å². The number of aliphatic hydroxyl groups is 3. The van der Waals surface area contributed by atoms with Gasteiger partial charge in [-0.3, -0.25) is 4.57 Å². The van der Waals surface area contributed by atoms with Crippen LogP contribution in [0.15, 0.2) is 17.1 Å². The molecule has 1 aromatic heterocycles. The number of rotatable bonds is 2. The van der Waals surface area contributed by atoms with Crippen molar-refractivity contribution in [2.24, 2.45) is 0 Å². The van der Waals surface area contributed by atoms with Gasteiger partial charge in [-0.05, 0) is 6.07 Å². The van der Waals surface area contributed by atoms with Crippen molar-refractivity contribution >= 4 is 5.82 Å². The summed E-state index contributed by atoms with van der Waals surface area (Å²) in [5.74, 6) is 0.0537. The highest BCUT2D eigenvalue weighted by atomic mass is 16.6. The number of anilines is 1. The Kier molecular flexibility index (Phi) is 3.11. The Hall–Kier alpha value is -1.48. The monoisotopic (exact) mass is 243 g/mol. The summed E-state index contributed by atoms with van der Waals surface area (Å²) in [7, 11) is 0. The molecule has 0 unspecified atom stereocenters. The lowest BCUT2D eigenvalue weighted by atomic mass is 10.1. The van der Waals surface area contributed by atoms with Gasteiger partial charge in [-0.25, -0.2) is 4.79 Å². The molecule has 0 radical (unpaired) electrons. The van der Waals surface area contributed by atoms with Crippen LogP contribution in [0.4, 0.5) is 5.82 Å². The Morgan fingerprint density at radius 1 is 1.47 bits per heavy atom. The van der Waals surface area contributed by atoms with Crippen molar-refractivity contribution in [1.82, 2.24) is 9.55 Å². The van der Waals surface area contributed by atoms with Crippen LogP contribution < -0.4 is 11.4 Å². The fraction of sp³-hybridized carbons (Fsp3) is 0.556. The predicted octanol–water partition coefficient (Wildman–Crippen LogP) is -2.56. The van der Waals surface area contributed by atoms with Gasteiger partial charge in [0.25, 0.3) is 0 Å². The third kappa shape index (κ3) is 2.03. The van der Waals surface area contributed by atoms with E-state index in [1.807, 2.05) is 0 Å². The van der Waals surface area contributed by atoms with Crippen LogP contribution in [-0.4, -0.2) is 49.8 Å². The van der Waals surface area contributed by atoms with Crippen molar-refractivity contribution in [2.45, 2.75) is 24.5 Å². The molecule has 17 heavy (non-hydrogen) atoms. The Bertz CT molecular complexity index is 462. The smallest absolute Gasteiger partial charge is 0.351 e. The summed E-state index contributed by atoms with van der Waals surface area (Å²) in [6.45, 7) is -0.453. The molecule has 1 aromatic rings. The average Bonchev–Trinajstić information content (AvgIpc) is 2.57. The van der Waals surface area contributed by atoms with Crippen LogP contribution in [0, 0.1) is 0 Å². The number of aliphatic hydroxyl groups excluding tert-OH is 3. The highest BCUT2D eigenvalue weighted by molar-refractivity contribution is 5.23. The summed E-state index contributed by atoms with van der Waals surface area (Å²) in [5, 5.41) is 28.2. The first-order chi connectivity index (χ1) is 8.04. The minimum Gasteiger partial charge on any atom is -0.394 e. The molecular formula is C9H13N3O5. The van der Waals surface area contributed by atoms with Gasteiger partial charge in [-0.2, -0.15) is 4.98 Å². The lowest BCUT2D eigenvalue weighted by Gasteiger charge is -2.16. The number of hydrogen-bond donors (Lipinski definition) is 4. The van der Waals surface area contributed by atoms with Gasteiger partial charge in [0.1, 0.15) is 24.1 Å². The fourth-order valence-corrected chi connectivity index (χ4v) is 1.73. The van der Waals surface area contributed by atoms with E-state index in [9.17, 15) is 15.0 Å². The van der Waals surface area contributed by atoms with Gasteiger partial charge >= 0.3 is 5.69 Å². The van der Waals surface area contributed by atoms with E-state index in [-0.39, 0.29) is 5.82 Å². The summed E-state index contributed by atoms with van der Waals surface area (Å²) in [5.41, 5.74) is 4.63. The highest BCUT2D eigenvalue weighted by Crippen LogP contribution is 2.27. The van der Waals surface area contributed by atoms with Gasteiger partial charge in [-0.15, -0.1) is 0 Å². The van der Waals surface area contributed by atoms with E-state index in [1.165, 1.54) is 12.3 Å². The van der Waals surface area contributed by atoms with Gasteiger partial charge in [-0.1, -0.05) is 0 Å². The van der Waals surface area contributed by atoms with E-state index in [0.717, 1.165) is 4.57 Å². The molecule has 2 heterocycles. The first kappa shape index (κ1) is 12.0. The minimum absolute atomic E-state index is 0.0537. The molecule has 2 rings (SSSR count). The van der Waals surface area contributed by atoms with Gasteiger partial charge in [0.05, 0.1) is 6.61 Å². The summed E-state index contributed by atoms with van der Waals surface area (Å²) < 4.78 is 6.19. The molecule has 0 aromatic carbocycles. The molecule has 94 valence electrons. The standard InChI is InChI=1S/C9H13N3O5/c10-5-1-2-12(9(16)11-5)8-7(15)6(14)4(3-13)17-8/h1-2,4,6-8,13-15H,3H2,(H2,10,11,16)/t4-,6+,7+,8+/m1/s1. The fourth-order valence-electron chi connectivity index (χ4n) is 1.73. The minimum atomic E-state index is -1.31. The van der Waals surface area contributed by atoms with Crippen LogP contribution in [0.25, 0.3) is 0 Å². The van der Waals surface area contributed by atoms with Gasteiger partial charge in [0, 0.05) is 6.20 Å². The maximum absolute atomic E-state index is 11.5. The number of nitrogens with two attached hydrogens (primary N) is 1. The Morgan fingerprint density at radius 2 is 2.18 bits per heavy atom. The van der Waals surface area contributed by atoms with Crippen LogP contribution in [0.3, 0.4) is 0 Å². The molecule has 8 heteroatoms. The van der Waals surface area contributed by atoms with Crippen molar-refractivity contribution < 1.29 is 20.1 Å². The van der Waals surface area contributed by atoms with E-state index in [1.54, 1.807) is 0 Å². The third-order valence-electron chi connectivity index (χ3n) is 2.64. The molecule has 1 aliphatic heterocycles. The molecular weight excluding hydrogens is 230 g/mol. The quantitative estimate of drug-likeness (QED) is 0.449. The molecule has 1 aliphatic rings. The molecule has 8 nitrogen and oxygen atoms in total. The molecule has 4 atom stereocenters. The van der Waals surface area contributed by atoms with Crippen molar-refractivity contribution in [2.75, 3.05) is 12.3 Å². The predicted molar refractivity (Wildman–Crippen MR) is 55.9 cm³/mol. The second-order valence-electron chi connectivity index (χ2n) is 3.77. The molecule has 0 bridgehead atoms. The van der Waals surface area contributed by atoms with Crippen LogP contribution >= 0.6 is 0 Å². The van der Waals surface area contributed by atoms with E-state index in [0.29, 0.717) is 0 Å². The van der Waals surface area contributed by atoms with Crippen LogP contribution in [-0.2, 0) is 4.74 Å². The number of hydrogen-bond acceptors (Lipinski definition) is 7. The van der Waals surface area contributed by atoms with Crippen molar-refractivity contribution in [3.05, 3.63) is 22.7 Å². The van der Waals surface area contributed by atoms with E-state index < -0.39 is 36.8 Å². The molecule has 1 saturated heterocycles. The first-order valence-corrected chi connectivity index (χ1v) is 5.01. The first-order valence-electron chi connectivity index (χ1n) is 5.01. The number of aromatic nitrogens is 2. The molecule has 0 amide bonds. The molecule has 1 fully saturated rings.